The minimum atomic E-state index is -1.06. The Morgan fingerprint density at radius 2 is 2.26 bits per heavy atom. The lowest BCUT2D eigenvalue weighted by Gasteiger charge is -2.11. The second-order valence-electron chi connectivity index (χ2n) is 4.05. The van der Waals surface area contributed by atoms with Crippen molar-refractivity contribution in [2.75, 3.05) is 6.61 Å². The van der Waals surface area contributed by atoms with Gasteiger partial charge in [0.25, 0.3) is 0 Å². The van der Waals surface area contributed by atoms with Gasteiger partial charge in [-0.3, -0.25) is 24.5 Å². The highest BCUT2D eigenvalue weighted by molar-refractivity contribution is 8.00. The topological polar surface area (TPSA) is 138 Å². The Hall–Kier alpha value is -1.65. The predicted molar refractivity (Wildman–Crippen MR) is 66.1 cm³/mol. The molecule has 19 heavy (non-hydrogen) atoms. The highest BCUT2D eigenvalue weighted by Gasteiger charge is 2.35. The zero-order valence-corrected chi connectivity index (χ0v) is 10.4. The maximum Gasteiger partial charge on any atom is 0.350 e. The summed E-state index contributed by atoms with van der Waals surface area (Å²) in [5.74, 6) is 0. The van der Waals surface area contributed by atoms with E-state index < -0.39 is 38.6 Å². The molecule has 1 aromatic rings. The van der Waals surface area contributed by atoms with E-state index in [0.717, 1.165) is 22.5 Å². The Morgan fingerprint density at radius 3 is 2.79 bits per heavy atom. The summed E-state index contributed by atoms with van der Waals surface area (Å²) in [6.45, 7) is -0.261. The molecule has 1 saturated heterocycles. The predicted octanol–water partition coefficient (Wildman–Crippen LogP) is -1.20. The van der Waals surface area contributed by atoms with Gasteiger partial charge in [0.2, 0.25) is 0 Å². The first-order valence-electron chi connectivity index (χ1n) is 5.38. The number of hydrogen-bond acceptors (Lipinski definition) is 7. The number of nitrogens with zero attached hydrogens (tertiary/aromatic N) is 2. The number of aliphatic hydroxyl groups is 2. The van der Waals surface area contributed by atoms with Crippen LogP contribution in [0, 0.1) is 10.1 Å². The van der Waals surface area contributed by atoms with E-state index in [1.807, 2.05) is 4.98 Å². The largest absolute Gasteiger partial charge is 0.395 e. The van der Waals surface area contributed by atoms with Crippen LogP contribution < -0.4 is 11.2 Å². The van der Waals surface area contributed by atoms with Crippen molar-refractivity contribution >= 4 is 17.4 Å². The average molecular weight is 289 g/mol. The number of aromatic nitrogens is 2. The number of aliphatic hydroxyl groups excluding tert-OH is 2. The van der Waals surface area contributed by atoms with Gasteiger partial charge in [-0.2, -0.15) is 0 Å². The van der Waals surface area contributed by atoms with Crippen LogP contribution in [0.5, 0.6) is 0 Å². The third kappa shape index (κ3) is 2.55. The molecule has 1 aliphatic rings. The Bertz CT molecular complexity index is 611. The average Bonchev–Trinajstić information content (AvgIpc) is 2.69. The van der Waals surface area contributed by atoms with Gasteiger partial charge in [-0.1, -0.05) is 0 Å². The maximum atomic E-state index is 11.6. The Kier molecular flexibility index (Phi) is 3.73. The first-order chi connectivity index (χ1) is 8.93. The summed E-state index contributed by atoms with van der Waals surface area (Å²) in [5, 5.41) is 28.3. The lowest BCUT2D eigenvalue weighted by atomic mass is 10.2. The molecule has 9 nitrogen and oxygen atoms in total. The number of nitro groups is 1. The molecule has 1 aromatic heterocycles. The molecule has 0 bridgehead atoms. The van der Waals surface area contributed by atoms with Crippen molar-refractivity contribution in [1.29, 1.82) is 0 Å². The monoisotopic (exact) mass is 289 g/mol. The lowest BCUT2D eigenvalue weighted by molar-refractivity contribution is -0.386. The van der Waals surface area contributed by atoms with Gasteiger partial charge >= 0.3 is 16.9 Å². The molecule has 3 atom stereocenters. The Balaban J connectivity index is 2.41. The van der Waals surface area contributed by atoms with Crippen molar-refractivity contribution in [3.8, 4) is 0 Å². The summed E-state index contributed by atoms with van der Waals surface area (Å²) in [5.41, 5.74) is -2.57. The minimum absolute atomic E-state index is 0.166. The molecule has 0 spiro atoms. The van der Waals surface area contributed by atoms with Gasteiger partial charge in [-0.25, -0.2) is 4.79 Å². The van der Waals surface area contributed by atoms with Crippen LogP contribution in [0.3, 0.4) is 0 Å². The summed E-state index contributed by atoms with van der Waals surface area (Å²) in [4.78, 5) is 34.5. The SMILES string of the molecule is O=c1[nH]c(=O)n([C@H]2C[C@H](O)[C@@H](CO)S2)cc1[N+](=O)[O-]. The summed E-state index contributed by atoms with van der Waals surface area (Å²) in [7, 11) is 0. The molecular weight excluding hydrogens is 278 g/mol. The van der Waals surface area contributed by atoms with Crippen molar-refractivity contribution in [2.24, 2.45) is 0 Å². The van der Waals surface area contributed by atoms with Crippen LogP contribution in [0.4, 0.5) is 5.69 Å². The van der Waals surface area contributed by atoms with Gasteiger partial charge < -0.3 is 10.2 Å². The summed E-state index contributed by atoms with van der Waals surface area (Å²) in [6.07, 6.45) is 0.225. The highest BCUT2D eigenvalue weighted by atomic mass is 32.2. The van der Waals surface area contributed by atoms with Crippen LogP contribution in [0.2, 0.25) is 0 Å². The van der Waals surface area contributed by atoms with Crippen LogP contribution in [0.25, 0.3) is 0 Å². The second kappa shape index (κ2) is 5.15. The fourth-order valence-electron chi connectivity index (χ4n) is 1.87. The number of thioether (sulfide) groups is 1. The molecule has 0 saturated carbocycles. The molecule has 0 aromatic carbocycles. The van der Waals surface area contributed by atoms with Crippen LogP contribution in [-0.2, 0) is 0 Å². The second-order valence-corrected chi connectivity index (χ2v) is 5.47. The zero-order chi connectivity index (χ0) is 14.2. The fourth-order valence-corrected chi connectivity index (χ4v) is 3.25. The molecule has 2 heterocycles. The zero-order valence-electron chi connectivity index (χ0n) is 9.55. The molecule has 3 N–H and O–H groups in total. The molecule has 2 rings (SSSR count). The summed E-state index contributed by atoms with van der Waals surface area (Å²) >= 11 is 1.13. The van der Waals surface area contributed by atoms with Gasteiger partial charge in [0.15, 0.2) is 0 Å². The molecule has 104 valence electrons. The van der Waals surface area contributed by atoms with Crippen LogP contribution >= 0.6 is 11.8 Å². The fraction of sp³-hybridized carbons (Fsp3) is 0.556. The lowest BCUT2D eigenvalue weighted by Crippen LogP contribution is -2.32. The van der Waals surface area contributed by atoms with Crippen molar-refractivity contribution in [3.05, 3.63) is 37.1 Å². The van der Waals surface area contributed by atoms with E-state index in [1.54, 1.807) is 0 Å². The third-order valence-electron chi connectivity index (χ3n) is 2.84. The smallest absolute Gasteiger partial charge is 0.350 e. The Morgan fingerprint density at radius 1 is 1.58 bits per heavy atom. The van der Waals surface area contributed by atoms with Gasteiger partial charge in [-0.15, -0.1) is 11.8 Å². The molecule has 1 aliphatic heterocycles. The Labute approximate surface area is 110 Å². The van der Waals surface area contributed by atoms with E-state index in [9.17, 15) is 24.8 Å². The van der Waals surface area contributed by atoms with Crippen LogP contribution in [0.15, 0.2) is 15.8 Å². The maximum absolute atomic E-state index is 11.6. The molecule has 0 amide bonds. The van der Waals surface area contributed by atoms with Crippen LogP contribution in [-0.4, -0.2) is 42.6 Å². The molecule has 0 aliphatic carbocycles. The van der Waals surface area contributed by atoms with Gasteiger partial charge in [0, 0.05) is 6.42 Å². The quantitative estimate of drug-likeness (QED) is 0.469. The van der Waals surface area contributed by atoms with Crippen molar-refractivity contribution in [2.45, 2.75) is 23.1 Å². The van der Waals surface area contributed by atoms with Gasteiger partial charge in [-0.05, 0) is 0 Å². The number of rotatable bonds is 3. The van der Waals surface area contributed by atoms with E-state index in [2.05, 4.69) is 0 Å². The molecule has 0 radical (unpaired) electrons. The van der Waals surface area contributed by atoms with Crippen molar-refractivity contribution in [3.63, 3.8) is 0 Å². The van der Waals surface area contributed by atoms with E-state index in [1.165, 1.54) is 0 Å². The molecular formula is C9H11N3O6S. The molecule has 1 fully saturated rings. The number of hydrogen-bond donors (Lipinski definition) is 3. The van der Waals surface area contributed by atoms with E-state index >= 15 is 0 Å². The van der Waals surface area contributed by atoms with Crippen molar-refractivity contribution < 1.29 is 15.1 Å². The molecule has 0 unspecified atom stereocenters. The van der Waals surface area contributed by atoms with E-state index in [0.29, 0.717) is 0 Å². The number of aromatic amines is 1. The minimum Gasteiger partial charge on any atom is -0.395 e. The first-order valence-corrected chi connectivity index (χ1v) is 6.32. The number of H-pyrrole nitrogens is 1. The molecule has 10 heteroatoms. The number of nitrogens with one attached hydrogen (secondary N) is 1. The normalized spacial score (nSPS) is 26.5. The van der Waals surface area contributed by atoms with Gasteiger partial charge in [0.05, 0.1) is 34.5 Å². The van der Waals surface area contributed by atoms with E-state index in [4.69, 9.17) is 5.11 Å². The summed E-state index contributed by atoms with van der Waals surface area (Å²) in [6, 6.07) is 0. The first kappa shape index (κ1) is 13.8. The highest BCUT2D eigenvalue weighted by Crippen LogP contribution is 2.40. The van der Waals surface area contributed by atoms with E-state index in [-0.39, 0.29) is 13.0 Å². The van der Waals surface area contributed by atoms with Crippen LogP contribution in [0.1, 0.15) is 11.8 Å². The summed E-state index contributed by atoms with van der Waals surface area (Å²) < 4.78 is 1.00. The third-order valence-corrected chi connectivity index (χ3v) is 4.39. The van der Waals surface area contributed by atoms with Gasteiger partial charge in [0.1, 0.15) is 0 Å². The standard InChI is InChI=1S/C9H11N3O6S/c13-3-6-5(14)1-7(19-6)11-2-4(12(17)18)8(15)10-9(11)16/h2,5-7,13-14H,1,3H2,(H,10,15,16)/t5-,6+,7+/m0/s1. The van der Waals surface area contributed by atoms with Crippen molar-refractivity contribution in [1.82, 2.24) is 9.55 Å².